The van der Waals surface area contributed by atoms with Gasteiger partial charge in [0.05, 0.1) is 0 Å². The number of rotatable bonds is 9. The summed E-state index contributed by atoms with van der Waals surface area (Å²) in [5.41, 5.74) is 2.11. The van der Waals surface area contributed by atoms with Gasteiger partial charge in [-0.3, -0.25) is 15.0 Å². The summed E-state index contributed by atoms with van der Waals surface area (Å²) in [4.78, 5) is 24.0. The summed E-state index contributed by atoms with van der Waals surface area (Å²) >= 11 is 0. The van der Waals surface area contributed by atoms with Crippen LogP contribution in [0.3, 0.4) is 0 Å². The summed E-state index contributed by atoms with van der Waals surface area (Å²) in [7, 11) is 3.64. The van der Waals surface area contributed by atoms with Gasteiger partial charge in [-0.05, 0) is 26.4 Å². The van der Waals surface area contributed by atoms with E-state index < -0.39 is 0 Å². The van der Waals surface area contributed by atoms with E-state index in [1.54, 1.807) is 7.05 Å². The molecule has 6 nitrogen and oxygen atoms in total. The van der Waals surface area contributed by atoms with Crippen molar-refractivity contribution in [3.05, 3.63) is 0 Å². The van der Waals surface area contributed by atoms with Crippen LogP contribution in [0.25, 0.3) is 0 Å². The maximum atomic E-state index is 11.0. The van der Waals surface area contributed by atoms with E-state index in [9.17, 15) is 9.59 Å². The molecule has 0 aromatic rings. The second kappa shape index (κ2) is 10.0. The highest BCUT2D eigenvalue weighted by molar-refractivity contribution is 5.75. The van der Waals surface area contributed by atoms with Crippen LogP contribution in [-0.4, -0.2) is 43.9 Å². The van der Waals surface area contributed by atoms with Gasteiger partial charge in [0.25, 0.3) is 0 Å². The molecule has 0 rings (SSSR count). The number of amides is 2. The number of nitrogens with one attached hydrogen (secondary N) is 2. The number of hydrogen-bond acceptors (Lipinski definition) is 4. The third-order valence-electron chi connectivity index (χ3n) is 2.60. The smallest absolute Gasteiger partial charge is 0.233 e. The predicted molar refractivity (Wildman–Crippen MR) is 67.0 cm³/mol. The summed E-state index contributed by atoms with van der Waals surface area (Å²) in [5, 5.41) is 2.59. The maximum Gasteiger partial charge on any atom is 0.233 e. The van der Waals surface area contributed by atoms with Crippen LogP contribution in [-0.2, 0) is 9.59 Å². The number of nitrogens with two attached hydrogens (primary N) is 1. The molecule has 0 saturated carbocycles. The lowest BCUT2D eigenvalue weighted by molar-refractivity contribution is -0.122. The molecule has 2 amide bonds. The summed E-state index contributed by atoms with van der Waals surface area (Å²) in [6.07, 6.45) is 3.90. The Morgan fingerprint density at radius 2 is 1.76 bits per heavy atom. The first kappa shape index (κ1) is 15.9. The number of hydrazine groups is 1. The molecule has 0 bridgehead atoms. The van der Waals surface area contributed by atoms with Gasteiger partial charge in [-0.2, -0.15) is 0 Å². The van der Waals surface area contributed by atoms with E-state index in [1.807, 2.05) is 7.05 Å². The topological polar surface area (TPSA) is 87.5 Å². The Balaban J connectivity index is 3.36. The molecule has 0 atom stereocenters. The molecule has 0 spiro atoms. The van der Waals surface area contributed by atoms with Crippen LogP contribution in [0, 0.1) is 0 Å². The minimum Gasteiger partial charge on any atom is -0.359 e. The van der Waals surface area contributed by atoms with Crippen LogP contribution in [0.4, 0.5) is 0 Å². The Labute approximate surface area is 103 Å². The summed E-state index contributed by atoms with van der Waals surface area (Å²) in [6, 6.07) is 0. The minimum atomic E-state index is -0.113. The van der Waals surface area contributed by atoms with E-state index in [0.717, 1.165) is 32.4 Å². The molecule has 17 heavy (non-hydrogen) atoms. The van der Waals surface area contributed by atoms with Crippen molar-refractivity contribution < 1.29 is 9.59 Å². The molecule has 0 unspecified atom stereocenters. The van der Waals surface area contributed by atoms with Gasteiger partial charge in [-0.25, -0.2) is 5.84 Å². The molecule has 0 aliphatic carbocycles. The van der Waals surface area contributed by atoms with Crippen molar-refractivity contribution in [2.45, 2.75) is 32.1 Å². The molecule has 0 fully saturated rings. The highest BCUT2D eigenvalue weighted by atomic mass is 16.2. The predicted octanol–water partition coefficient (Wildman–Crippen LogP) is -0.395. The first-order chi connectivity index (χ1) is 8.10. The normalized spacial score (nSPS) is 10.4. The third-order valence-corrected chi connectivity index (χ3v) is 2.60. The zero-order chi connectivity index (χ0) is 13.1. The van der Waals surface area contributed by atoms with Gasteiger partial charge in [-0.15, -0.1) is 0 Å². The average Bonchev–Trinajstić information content (AvgIpc) is 2.34. The summed E-state index contributed by atoms with van der Waals surface area (Å²) in [6.45, 7) is 1.71. The Morgan fingerprint density at radius 1 is 1.06 bits per heavy atom. The average molecular weight is 244 g/mol. The molecule has 0 aliphatic heterocycles. The standard InChI is InChI=1S/C11H24N4O2/c1-13-10(16)7-9-15(2)8-5-3-4-6-11(17)14-12/h3-9,12H2,1-2H3,(H,13,16)(H,14,17). The highest BCUT2D eigenvalue weighted by Gasteiger charge is 2.03. The van der Waals surface area contributed by atoms with E-state index in [0.29, 0.717) is 12.8 Å². The molecule has 0 heterocycles. The van der Waals surface area contributed by atoms with Crippen molar-refractivity contribution in [3.8, 4) is 0 Å². The summed E-state index contributed by atoms with van der Waals surface area (Å²) < 4.78 is 0. The van der Waals surface area contributed by atoms with Crippen LogP contribution in [0.1, 0.15) is 32.1 Å². The maximum absolute atomic E-state index is 11.0. The number of carbonyl (C=O) groups excluding carboxylic acids is 2. The van der Waals surface area contributed by atoms with Gasteiger partial charge in [0.15, 0.2) is 0 Å². The van der Waals surface area contributed by atoms with Crippen molar-refractivity contribution in [1.82, 2.24) is 15.6 Å². The van der Waals surface area contributed by atoms with Crippen molar-refractivity contribution >= 4 is 11.8 Å². The molecule has 0 radical (unpaired) electrons. The monoisotopic (exact) mass is 244 g/mol. The van der Waals surface area contributed by atoms with Crippen molar-refractivity contribution in [1.29, 1.82) is 0 Å². The Kier molecular flexibility index (Phi) is 9.37. The van der Waals surface area contributed by atoms with E-state index in [-0.39, 0.29) is 11.8 Å². The lowest BCUT2D eigenvalue weighted by Crippen LogP contribution is -2.29. The quantitative estimate of drug-likeness (QED) is 0.223. The molecule has 100 valence electrons. The molecule has 4 N–H and O–H groups in total. The van der Waals surface area contributed by atoms with Crippen molar-refractivity contribution in [2.75, 3.05) is 27.2 Å². The van der Waals surface area contributed by atoms with Gasteiger partial charge < -0.3 is 10.2 Å². The third kappa shape index (κ3) is 9.77. The fourth-order valence-electron chi connectivity index (χ4n) is 1.45. The van der Waals surface area contributed by atoms with Gasteiger partial charge in [-0.1, -0.05) is 6.42 Å². The Bertz CT molecular complexity index is 234. The van der Waals surface area contributed by atoms with Crippen molar-refractivity contribution in [2.24, 2.45) is 5.84 Å². The van der Waals surface area contributed by atoms with Gasteiger partial charge in [0.1, 0.15) is 0 Å². The minimum absolute atomic E-state index is 0.0662. The second-order valence-electron chi connectivity index (χ2n) is 4.10. The zero-order valence-electron chi connectivity index (χ0n) is 10.8. The van der Waals surface area contributed by atoms with Crippen LogP contribution in [0.5, 0.6) is 0 Å². The van der Waals surface area contributed by atoms with Gasteiger partial charge in [0.2, 0.25) is 11.8 Å². The van der Waals surface area contributed by atoms with E-state index >= 15 is 0 Å². The van der Waals surface area contributed by atoms with Crippen LogP contribution in [0.15, 0.2) is 0 Å². The first-order valence-electron chi connectivity index (χ1n) is 5.98. The molecule has 0 aromatic heterocycles. The summed E-state index contributed by atoms with van der Waals surface area (Å²) in [5.74, 6) is 4.92. The van der Waals surface area contributed by atoms with E-state index in [1.165, 1.54) is 0 Å². The number of carbonyl (C=O) groups is 2. The fourth-order valence-corrected chi connectivity index (χ4v) is 1.45. The van der Waals surface area contributed by atoms with Crippen LogP contribution < -0.4 is 16.6 Å². The lowest BCUT2D eigenvalue weighted by atomic mass is 10.2. The van der Waals surface area contributed by atoms with E-state index in [2.05, 4.69) is 15.6 Å². The zero-order valence-corrected chi connectivity index (χ0v) is 10.8. The number of unbranched alkanes of at least 4 members (excludes halogenated alkanes) is 2. The fraction of sp³-hybridized carbons (Fsp3) is 0.818. The molecular formula is C11H24N4O2. The number of hydrogen-bond donors (Lipinski definition) is 3. The highest BCUT2D eigenvalue weighted by Crippen LogP contribution is 2.01. The van der Waals surface area contributed by atoms with Crippen molar-refractivity contribution in [3.63, 3.8) is 0 Å². The van der Waals surface area contributed by atoms with Gasteiger partial charge >= 0.3 is 0 Å². The Hall–Kier alpha value is -1.14. The van der Waals surface area contributed by atoms with Crippen LogP contribution in [0.2, 0.25) is 0 Å². The number of nitrogens with zero attached hydrogens (tertiary/aromatic N) is 1. The molecule has 0 saturated heterocycles. The molecular weight excluding hydrogens is 220 g/mol. The molecule has 6 heteroatoms. The first-order valence-corrected chi connectivity index (χ1v) is 5.98. The SMILES string of the molecule is CNC(=O)CCN(C)CCCCCC(=O)NN. The second-order valence-corrected chi connectivity index (χ2v) is 4.10. The van der Waals surface area contributed by atoms with Crippen LogP contribution >= 0.6 is 0 Å². The largest absolute Gasteiger partial charge is 0.359 e. The molecule has 0 aliphatic rings. The lowest BCUT2D eigenvalue weighted by Gasteiger charge is -2.15. The van der Waals surface area contributed by atoms with E-state index in [4.69, 9.17) is 5.84 Å². The Morgan fingerprint density at radius 3 is 2.35 bits per heavy atom. The molecule has 0 aromatic carbocycles. The van der Waals surface area contributed by atoms with Gasteiger partial charge in [0, 0.05) is 26.4 Å².